The molecule has 2 rings (SSSR count). The zero-order chi connectivity index (χ0) is 9.26. The van der Waals surface area contributed by atoms with Crippen LogP contribution in [0.2, 0.25) is 5.02 Å². The van der Waals surface area contributed by atoms with Gasteiger partial charge in [0.2, 0.25) is 0 Å². The molecule has 0 amide bonds. The van der Waals surface area contributed by atoms with E-state index < -0.39 is 0 Å². The van der Waals surface area contributed by atoms with Gasteiger partial charge in [-0.15, -0.1) is 11.3 Å². The first-order chi connectivity index (χ1) is 6.24. The molecule has 1 fully saturated rings. The number of thiophene rings is 1. The third-order valence-electron chi connectivity index (χ3n) is 2.51. The van der Waals surface area contributed by atoms with E-state index in [2.05, 4.69) is 17.9 Å². The molecule has 1 saturated heterocycles. The fraction of sp³-hybridized carbons (Fsp3) is 0.600. The van der Waals surface area contributed by atoms with Crippen LogP contribution in [-0.2, 0) is 6.54 Å². The zero-order valence-corrected chi connectivity index (χ0v) is 9.37. The van der Waals surface area contributed by atoms with Gasteiger partial charge in [0, 0.05) is 23.3 Å². The molecule has 3 heteroatoms. The van der Waals surface area contributed by atoms with Crippen LogP contribution in [-0.4, -0.2) is 18.0 Å². The minimum absolute atomic E-state index is 0.871. The van der Waals surface area contributed by atoms with Crippen LogP contribution < -0.4 is 0 Å². The molecule has 72 valence electrons. The lowest BCUT2D eigenvalue weighted by molar-refractivity contribution is 0.323. The lowest BCUT2D eigenvalue weighted by Crippen LogP contribution is -2.18. The second kappa shape index (κ2) is 3.99. The summed E-state index contributed by atoms with van der Waals surface area (Å²) in [7, 11) is 0. The normalized spacial score (nSPS) is 24.0. The minimum atomic E-state index is 0.871. The van der Waals surface area contributed by atoms with Crippen molar-refractivity contribution in [2.75, 3.05) is 13.1 Å². The first kappa shape index (κ1) is 9.50. The summed E-state index contributed by atoms with van der Waals surface area (Å²) in [5, 5.41) is 2.89. The lowest BCUT2D eigenvalue weighted by atomic mass is 10.2. The number of halogens is 1. The van der Waals surface area contributed by atoms with Crippen molar-refractivity contribution in [3.8, 4) is 0 Å². The van der Waals surface area contributed by atoms with E-state index in [0.29, 0.717) is 0 Å². The van der Waals surface area contributed by atoms with Gasteiger partial charge in [0.1, 0.15) is 0 Å². The van der Waals surface area contributed by atoms with Crippen molar-refractivity contribution in [3.05, 3.63) is 21.3 Å². The van der Waals surface area contributed by atoms with Crippen molar-refractivity contribution in [2.45, 2.75) is 19.9 Å². The molecule has 1 aliphatic rings. The molecule has 0 saturated carbocycles. The quantitative estimate of drug-likeness (QED) is 0.732. The average molecular weight is 216 g/mol. The maximum absolute atomic E-state index is 5.87. The van der Waals surface area contributed by atoms with Gasteiger partial charge in [-0.3, -0.25) is 4.90 Å². The van der Waals surface area contributed by atoms with Crippen molar-refractivity contribution < 1.29 is 0 Å². The number of nitrogens with zero attached hydrogens (tertiary/aromatic N) is 1. The van der Waals surface area contributed by atoms with Crippen LogP contribution in [0.25, 0.3) is 0 Å². The predicted octanol–water partition coefficient (Wildman–Crippen LogP) is 3.24. The summed E-state index contributed by atoms with van der Waals surface area (Å²) in [5.74, 6) is 0.871. The third-order valence-corrected chi connectivity index (χ3v) is 3.78. The zero-order valence-electron chi connectivity index (χ0n) is 7.79. The standard InChI is InChI=1S/C10H14ClNS/c1-8-2-3-12(5-8)6-10-4-9(11)7-13-10/h4,7-8H,2-3,5-6H2,1H3. The monoisotopic (exact) mass is 215 g/mol. The first-order valence-corrected chi connectivity index (χ1v) is 5.95. The van der Waals surface area contributed by atoms with E-state index in [-0.39, 0.29) is 0 Å². The Morgan fingerprint density at radius 1 is 1.69 bits per heavy atom. The molecule has 1 aromatic rings. The summed E-state index contributed by atoms with van der Waals surface area (Å²) in [6, 6.07) is 2.08. The Labute approximate surface area is 88.3 Å². The Bertz CT molecular complexity index is 284. The van der Waals surface area contributed by atoms with Crippen molar-refractivity contribution >= 4 is 22.9 Å². The van der Waals surface area contributed by atoms with Crippen LogP contribution in [0.4, 0.5) is 0 Å². The highest BCUT2D eigenvalue weighted by Crippen LogP contribution is 2.23. The lowest BCUT2D eigenvalue weighted by Gasteiger charge is -2.13. The average Bonchev–Trinajstić information content (AvgIpc) is 2.62. The summed E-state index contributed by atoms with van der Waals surface area (Å²) in [4.78, 5) is 3.89. The molecule has 0 aromatic carbocycles. The molecular weight excluding hydrogens is 202 g/mol. The highest BCUT2D eigenvalue weighted by Gasteiger charge is 2.18. The predicted molar refractivity (Wildman–Crippen MR) is 58.4 cm³/mol. The smallest absolute Gasteiger partial charge is 0.0516 e. The van der Waals surface area contributed by atoms with Gasteiger partial charge < -0.3 is 0 Å². The van der Waals surface area contributed by atoms with E-state index in [4.69, 9.17) is 11.6 Å². The molecule has 0 aliphatic carbocycles. The van der Waals surface area contributed by atoms with Gasteiger partial charge in [-0.1, -0.05) is 18.5 Å². The fourth-order valence-electron chi connectivity index (χ4n) is 1.83. The Kier molecular flexibility index (Phi) is 2.92. The largest absolute Gasteiger partial charge is 0.298 e. The molecule has 1 unspecified atom stereocenters. The molecule has 0 radical (unpaired) electrons. The second-order valence-corrected chi connectivity index (χ2v) is 5.29. The summed E-state index contributed by atoms with van der Waals surface area (Å²) in [6.45, 7) is 5.90. The van der Waals surface area contributed by atoms with E-state index in [1.54, 1.807) is 11.3 Å². The molecule has 0 N–H and O–H groups in total. The highest BCUT2D eigenvalue weighted by molar-refractivity contribution is 7.10. The molecular formula is C10H14ClNS. The number of hydrogen-bond donors (Lipinski definition) is 0. The van der Waals surface area contributed by atoms with E-state index in [0.717, 1.165) is 17.5 Å². The van der Waals surface area contributed by atoms with Gasteiger partial charge >= 0.3 is 0 Å². The van der Waals surface area contributed by atoms with Gasteiger partial charge in [-0.25, -0.2) is 0 Å². The highest BCUT2D eigenvalue weighted by atomic mass is 35.5. The van der Waals surface area contributed by atoms with Crippen LogP contribution in [0.1, 0.15) is 18.2 Å². The summed E-state index contributed by atoms with van der Waals surface area (Å²) < 4.78 is 0. The van der Waals surface area contributed by atoms with Crippen LogP contribution in [0.3, 0.4) is 0 Å². The minimum Gasteiger partial charge on any atom is -0.298 e. The topological polar surface area (TPSA) is 3.24 Å². The van der Waals surface area contributed by atoms with Crippen molar-refractivity contribution in [3.63, 3.8) is 0 Å². The van der Waals surface area contributed by atoms with Crippen LogP contribution >= 0.6 is 22.9 Å². The van der Waals surface area contributed by atoms with Crippen LogP contribution in [0, 0.1) is 5.92 Å². The summed E-state index contributed by atoms with van der Waals surface area (Å²) >= 11 is 7.63. The van der Waals surface area contributed by atoms with E-state index in [1.165, 1.54) is 24.4 Å². The third kappa shape index (κ3) is 2.46. The van der Waals surface area contributed by atoms with Crippen LogP contribution in [0.5, 0.6) is 0 Å². The van der Waals surface area contributed by atoms with E-state index >= 15 is 0 Å². The summed E-state index contributed by atoms with van der Waals surface area (Å²) in [6.07, 6.45) is 1.35. The Morgan fingerprint density at radius 2 is 2.54 bits per heavy atom. The van der Waals surface area contributed by atoms with Crippen molar-refractivity contribution in [2.24, 2.45) is 5.92 Å². The number of likely N-dealkylation sites (tertiary alicyclic amines) is 1. The summed E-state index contributed by atoms with van der Waals surface area (Å²) in [5.41, 5.74) is 0. The molecule has 1 aliphatic heterocycles. The molecule has 0 bridgehead atoms. The Hall–Kier alpha value is -0.0500. The van der Waals surface area contributed by atoms with Crippen molar-refractivity contribution in [1.29, 1.82) is 0 Å². The number of hydrogen-bond acceptors (Lipinski definition) is 2. The van der Waals surface area contributed by atoms with Gasteiger partial charge in [-0.05, 0) is 24.9 Å². The molecule has 0 spiro atoms. The van der Waals surface area contributed by atoms with Gasteiger partial charge in [-0.2, -0.15) is 0 Å². The molecule has 1 aromatic heterocycles. The van der Waals surface area contributed by atoms with Gasteiger partial charge in [0.15, 0.2) is 0 Å². The van der Waals surface area contributed by atoms with Crippen molar-refractivity contribution in [1.82, 2.24) is 4.90 Å². The molecule has 13 heavy (non-hydrogen) atoms. The molecule has 2 heterocycles. The molecule has 1 nitrogen and oxygen atoms in total. The fourth-order valence-corrected chi connectivity index (χ4v) is 2.94. The maximum Gasteiger partial charge on any atom is 0.0516 e. The van der Waals surface area contributed by atoms with E-state index in [9.17, 15) is 0 Å². The van der Waals surface area contributed by atoms with Gasteiger partial charge in [0.05, 0.1) is 5.02 Å². The van der Waals surface area contributed by atoms with Gasteiger partial charge in [0.25, 0.3) is 0 Å². The second-order valence-electron chi connectivity index (χ2n) is 3.86. The number of rotatable bonds is 2. The van der Waals surface area contributed by atoms with E-state index in [1.807, 2.05) is 5.38 Å². The molecule has 1 atom stereocenters. The maximum atomic E-state index is 5.87. The Morgan fingerprint density at radius 3 is 3.08 bits per heavy atom. The van der Waals surface area contributed by atoms with Crippen LogP contribution in [0.15, 0.2) is 11.4 Å². The first-order valence-electron chi connectivity index (χ1n) is 4.69. The SMILES string of the molecule is CC1CCN(Cc2cc(Cl)cs2)C1. The Balaban J connectivity index is 1.91.